The van der Waals surface area contributed by atoms with Crippen LogP contribution < -0.4 is 5.73 Å². The summed E-state index contributed by atoms with van der Waals surface area (Å²) in [7, 11) is 0. The minimum atomic E-state index is 0.317. The first-order chi connectivity index (χ1) is 3.18. The molecule has 1 nitrogen and oxygen atoms in total. The maximum absolute atomic E-state index is 5.43. The van der Waals surface area contributed by atoms with E-state index >= 15 is 0 Å². The topological polar surface area (TPSA) is 26.0 Å². The first kappa shape index (κ1) is 7.02. The summed E-state index contributed by atoms with van der Waals surface area (Å²) in [5, 5.41) is 0. The highest BCUT2D eigenvalue weighted by atomic mass is 79.9. The molecule has 0 aliphatic carbocycles. The molecule has 0 saturated carbocycles. The predicted octanol–water partition coefficient (Wildman–Crippen LogP) is 1.63. The van der Waals surface area contributed by atoms with Crippen molar-refractivity contribution in [2.75, 3.05) is 0 Å². The molecule has 0 aromatic rings. The van der Waals surface area contributed by atoms with Crippen molar-refractivity contribution < 1.29 is 0 Å². The first-order valence-electron chi connectivity index (χ1n) is 2.24. The molecule has 0 radical (unpaired) electrons. The molecule has 0 aliphatic heterocycles. The van der Waals surface area contributed by atoms with Gasteiger partial charge >= 0.3 is 0 Å². The molecule has 1 atom stereocenters. The summed E-state index contributed by atoms with van der Waals surface area (Å²) in [4.78, 5) is 0.317. The summed E-state index contributed by atoms with van der Waals surface area (Å²) in [5.41, 5.74) is 6.32. The van der Waals surface area contributed by atoms with Gasteiger partial charge in [0.1, 0.15) is 0 Å². The third-order valence-electron chi connectivity index (χ3n) is 0.793. The smallest absolute Gasteiger partial charge is 0.0509 e. The maximum Gasteiger partial charge on any atom is 0.0509 e. The van der Waals surface area contributed by atoms with Gasteiger partial charge in [-0.1, -0.05) is 22.0 Å². The van der Waals surface area contributed by atoms with E-state index in [4.69, 9.17) is 5.73 Å². The standard InChI is InChI=1S/C5H10BrN/c1-3-5(7)4(2)6/h3-4H,7H2,1-2H3/b5-3-/t4-/m0/s1. The average Bonchev–Trinajstić information content (AvgIpc) is 1.65. The molecule has 0 spiro atoms. The Morgan fingerprint density at radius 3 is 2.29 bits per heavy atom. The molecule has 0 amide bonds. The summed E-state index contributed by atoms with van der Waals surface area (Å²) in [6.07, 6.45) is 1.89. The second kappa shape index (κ2) is 3.08. The molecule has 0 fully saturated rings. The fraction of sp³-hybridized carbons (Fsp3) is 0.600. The largest absolute Gasteiger partial charge is 0.401 e. The lowest BCUT2D eigenvalue weighted by Crippen LogP contribution is -2.05. The monoisotopic (exact) mass is 163 g/mol. The Morgan fingerprint density at radius 1 is 1.86 bits per heavy atom. The fourth-order valence-electron chi connectivity index (χ4n) is 0.230. The summed E-state index contributed by atoms with van der Waals surface area (Å²) in [6.45, 7) is 3.92. The van der Waals surface area contributed by atoms with Crippen LogP contribution in [0, 0.1) is 0 Å². The molecule has 0 aromatic carbocycles. The van der Waals surface area contributed by atoms with Crippen molar-refractivity contribution in [3.05, 3.63) is 11.8 Å². The van der Waals surface area contributed by atoms with Crippen LogP contribution in [-0.4, -0.2) is 4.83 Å². The van der Waals surface area contributed by atoms with E-state index in [2.05, 4.69) is 15.9 Å². The van der Waals surface area contributed by atoms with Gasteiger partial charge in [-0.15, -0.1) is 0 Å². The van der Waals surface area contributed by atoms with Gasteiger partial charge in [0.2, 0.25) is 0 Å². The van der Waals surface area contributed by atoms with E-state index in [0.717, 1.165) is 5.70 Å². The van der Waals surface area contributed by atoms with Crippen LogP contribution in [-0.2, 0) is 0 Å². The number of hydrogen-bond acceptors (Lipinski definition) is 1. The van der Waals surface area contributed by atoms with E-state index in [1.807, 2.05) is 19.9 Å². The molecular formula is C5H10BrN. The zero-order chi connectivity index (χ0) is 5.86. The Balaban J connectivity index is 3.56. The molecule has 0 aliphatic rings. The van der Waals surface area contributed by atoms with Gasteiger partial charge in [-0.25, -0.2) is 0 Å². The molecule has 0 bridgehead atoms. The van der Waals surface area contributed by atoms with Crippen LogP contribution in [0.25, 0.3) is 0 Å². The number of allylic oxidation sites excluding steroid dienone is 2. The van der Waals surface area contributed by atoms with Crippen molar-refractivity contribution in [1.82, 2.24) is 0 Å². The van der Waals surface area contributed by atoms with Crippen molar-refractivity contribution in [3.8, 4) is 0 Å². The van der Waals surface area contributed by atoms with Crippen molar-refractivity contribution in [3.63, 3.8) is 0 Å². The van der Waals surface area contributed by atoms with Gasteiger partial charge in [0.05, 0.1) is 4.83 Å². The van der Waals surface area contributed by atoms with Crippen LogP contribution in [0.15, 0.2) is 11.8 Å². The Morgan fingerprint density at radius 2 is 2.29 bits per heavy atom. The Bertz CT molecular complexity index is 76.1. The first-order valence-corrected chi connectivity index (χ1v) is 3.15. The van der Waals surface area contributed by atoms with Crippen LogP contribution in [0.2, 0.25) is 0 Å². The van der Waals surface area contributed by atoms with Gasteiger partial charge in [0, 0.05) is 5.70 Å². The minimum Gasteiger partial charge on any atom is -0.401 e. The van der Waals surface area contributed by atoms with Gasteiger partial charge in [0.25, 0.3) is 0 Å². The third kappa shape index (κ3) is 2.68. The van der Waals surface area contributed by atoms with Crippen LogP contribution in [0.3, 0.4) is 0 Å². The number of rotatable bonds is 1. The second-order valence-corrected chi connectivity index (χ2v) is 2.78. The van der Waals surface area contributed by atoms with Crippen molar-refractivity contribution in [2.24, 2.45) is 5.73 Å². The van der Waals surface area contributed by atoms with Gasteiger partial charge in [-0.3, -0.25) is 0 Å². The quantitative estimate of drug-likeness (QED) is 0.585. The highest BCUT2D eigenvalue weighted by Gasteiger charge is 1.93. The highest BCUT2D eigenvalue weighted by molar-refractivity contribution is 9.09. The molecule has 0 aromatic heterocycles. The van der Waals surface area contributed by atoms with Crippen LogP contribution in [0.1, 0.15) is 13.8 Å². The van der Waals surface area contributed by atoms with Crippen LogP contribution in [0.4, 0.5) is 0 Å². The van der Waals surface area contributed by atoms with Crippen molar-refractivity contribution in [2.45, 2.75) is 18.7 Å². The zero-order valence-corrected chi connectivity index (χ0v) is 6.20. The lowest BCUT2D eigenvalue weighted by molar-refractivity contribution is 1.10. The Kier molecular flexibility index (Phi) is 3.09. The average molecular weight is 164 g/mol. The number of halogens is 1. The molecule has 42 valence electrons. The third-order valence-corrected chi connectivity index (χ3v) is 1.32. The summed E-state index contributed by atoms with van der Waals surface area (Å²) in [5.74, 6) is 0. The fourth-order valence-corrected chi connectivity index (χ4v) is 0.494. The summed E-state index contributed by atoms with van der Waals surface area (Å²) >= 11 is 3.31. The molecule has 2 heteroatoms. The highest BCUT2D eigenvalue weighted by Crippen LogP contribution is 2.03. The normalized spacial score (nSPS) is 16.7. The molecule has 0 unspecified atom stereocenters. The van der Waals surface area contributed by atoms with E-state index in [1.165, 1.54) is 0 Å². The summed E-state index contributed by atoms with van der Waals surface area (Å²) in [6, 6.07) is 0. The second-order valence-electron chi connectivity index (χ2n) is 1.40. The van der Waals surface area contributed by atoms with E-state index in [-0.39, 0.29) is 0 Å². The molecule has 0 rings (SSSR count). The maximum atomic E-state index is 5.43. The van der Waals surface area contributed by atoms with E-state index in [1.54, 1.807) is 0 Å². The Labute approximate surface area is 52.7 Å². The van der Waals surface area contributed by atoms with E-state index in [9.17, 15) is 0 Å². The Hall–Kier alpha value is 0.0200. The molecule has 7 heavy (non-hydrogen) atoms. The van der Waals surface area contributed by atoms with Crippen LogP contribution >= 0.6 is 15.9 Å². The van der Waals surface area contributed by atoms with Crippen LogP contribution in [0.5, 0.6) is 0 Å². The number of nitrogens with two attached hydrogens (primary N) is 1. The van der Waals surface area contributed by atoms with Crippen molar-refractivity contribution >= 4 is 15.9 Å². The van der Waals surface area contributed by atoms with Gasteiger partial charge < -0.3 is 5.73 Å². The molecule has 0 saturated heterocycles. The lowest BCUT2D eigenvalue weighted by atomic mass is 10.3. The number of alkyl halides is 1. The molecule has 2 N–H and O–H groups in total. The SMILES string of the molecule is C/C=C(\N)[C@H](C)Br. The minimum absolute atomic E-state index is 0.317. The van der Waals surface area contributed by atoms with Gasteiger partial charge in [-0.2, -0.15) is 0 Å². The van der Waals surface area contributed by atoms with Gasteiger partial charge in [0.15, 0.2) is 0 Å². The predicted molar refractivity (Wildman–Crippen MR) is 36.3 cm³/mol. The zero-order valence-electron chi connectivity index (χ0n) is 4.61. The van der Waals surface area contributed by atoms with Crippen molar-refractivity contribution in [1.29, 1.82) is 0 Å². The lowest BCUT2D eigenvalue weighted by Gasteiger charge is -1.98. The molecular weight excluding hydrogens is 154 g/mol. The molecule has 0 heterocycles. The van der Waals surface area contributed by atoms with E-state index < -0.39 is 0 Å². The van der Waals surface area contributed by atoms with E-state index in [0.29, 0.717) is 4.83 Å². The van der Waals surface area contributed by atoms with Gasteiger partial charge in [-0.05, 0) is 13.8 Å². The number of hydrogen-bond donors (Lipinski definition) is 1. The summed E-state index contributed by atoms with van der Waals surface area (Å²) < 4.78 is 0.